The fourth-order valence-corrected chi connectivity index (χ4v) is 4.67. The molecule has 3 aromatic rings. The zero-order chi connectivity index (χ0) is 23.8. The molecule has 0 aliphatic carbocycles. The number of hydrogen-bond donors (Lipinski definition) is 0. The average molecular weight is 461 g/mol. The van der Waals surface area contributed by atoms with Crippen LogP contribution in [0.1, 0.15) is 46.8 Å². The van der Waals surface area contributed by atoms with Crippen molar-refractivity contribution in [1.82, 2.24) is 4.57 Å². The van der Waals surface area contributed by atoms with E-state index in [1.165, 1.54) is 15.9 Å². The standard InChI is InChI=1S/C27H28N2O3S/c1-4-6-20-11-13-22(14-12-20)25(30)23(18-28)27-29(15-5-16-32-3)26(31)24(33-27)17-21-9-7-19(2)8-10-21/h7-14,17H,4-6,15-16H2,1-3H3/b24-17-,27-23-. The van der Waals surface area contributed by atoms with E-state index in [0.717, 1.165) is 29.5 Å². The van der Waals surface area contributed by atoms with E-state index in [1.807, 2.05) is 49.4 Å². The van der Waals surface area contributed by atoms with Gasteiger partial charge in [-0.05, 0) is 37.0 Å². The van der Waals surface area contributed by atoms with Gasteiger partial charge in [0.25, 0.3) is 5.56 Å². The zero-order valence-corrected chi connectivity index (χ0v) is 20.1. The first-order chi connectivity index (χ1) is 16.0. The van der Waals surface area contributed by atoms with Gasteiger partial charge in [-0.3, -0.25) is 14.2 Å². The van der Waals surface area contributed by atoms with Crippen molar-refractivity contribution in [3.8, 4) is 6.07 Å². The number of aromatic nitrogens is 1. The minimum Gasteiger partial charge on any atom is -0.385 e. The van der Waals surface area contributed by atoms with Crippen LogP contribution in [0.2, 0.25) is 0 Å². The third kappa shape index (κ3) is 5.95. The number of thiazole rings is 1. The summed E-state index contributed by atoms with van der Waals surface area (Å²) in [4.78, 5) is 26.5. The van der Waals surface area contributed by atoms with Crippen molar-refractivity contribution < 1.29 is 9.53 Å². The fraction of sp³-hybridized carbons (Fsp3) is 0.296. The highest BCUT2D eigenvalue weighted by molar-refractivity contribution is 7.07. The lowest BCUT2D eigenvalue weighted by atomic mass is 10.0. The lowest BCUT2D eigenvalue weighted by molar-refractivity contribution is 0.105. The maximum absolute atomic E-state index is 13.2. The van der Waals surface area contributed by atoms with Crippen LogP contribution in [0.25, 0.3) is 11.6 Å². The molecule has 5 nitrogen and oxygen atoms in total. The number of nitrogens with zero attached hydrogens (tertiary/aromatic N) is 2. The highest BCUT2D eigenvalue weighted by Gasteiger charge is 2.17. The first-order valence-electron chi connectivity index (χ1n) is 11.0. The molecule has 0 saturated carbocycles. The largest absolute Gasteiger partial charge is 0.385 e. The molecule has 33 heavy (non-hydrogen) atoms. The molecule has 170 valence electrons. The van der Waals surface area contributed by atoms with Crippen LogP contribution in [-0.2, 0) is 17.7 Å². The number of benzene rings is 2. The smallest absolute Gasteiger partial charge is 0.269 e. The van der Waals surface area contributed by atoms with Gasteiger partial charge in [0.1, 0.15) is 16.3 Å². The third-order valence-corrected chi connectivity index (χ3v) is 6.45. The number of carbonyl (C=O) groups is 1. The van der Waals surface area contributed by atoms with Crippen LogP contribution in [0.4, 0.5) is 0 Å². The molecule has 3 rings (SSSR count). The number of methoxy groups -OCH3 is 1. The van der Waals surface area contributed by atoms with Crippen molar-refractivity contribution in [1.29, 1.82) is 5.26 Å². The Bertz CT molecular complexity index is 1320. The first-order valence-corrected chi connectivity index (χ1v) is 11.8. The van der Waals surface area contributed by atoms with Crippen LogP contribution in [0.3, 0.4) is 0 Å². The Hall–Kier alpha value is -3.27. The second kappa shape index (κ2) is 11.6. The predicted molar refractivity (Wildman–Crippen MR) is 133 cm³/mol. The minimum atomic E-state index is -0.371. The monoisotopic (exact) mass is 460 g/mol. The first kappa shape index (κ1) is 24.4. The second-order valence-electron chi connectivity index (χ2n) is 7.89. The van der Waals surface area contributed by atoms with Gasteiger partial charge in [0.05, 0.1) is 4.53 Å². The maximum atomic E-state index is 13.2. The molecule has 1 aromatic heterocycles. The molecule has 0 radical (unpaired) electrons. The van der Waals surface area contributed by atoms with Gasteiger partial charge < -0.3 is 4.74 Å². The van der Waals surface area contributed by atoms with Gasteiger partial charge in [0.2, 0.25) is 5.78 Å². The second-order valence-corrected chi connectivity index (χ2v) is 8.92. The van der Waals surface area contributed by atoms with Crippen molar-refractivity contribution >= 4 is 28.8 Å². The molecule has 0 bridgehead atoms. The van der Waals surface area contributed by atoms with E-state index in [-0.39, 0.29) is 16.9 Å². The van der Waals surface area contributed by atoms with E-state index in [4.69, 9.17) is 4.74 Å². The van der Waals surface area contributed by atoms with E-state index < -0.39 is 0 Å². The summed E-state index contributed by atoms with van der Waals surface area (Å²) >= 11 is 1.18. The Labute approximate surface area is 197 Å². The van der Waals surface area contributed by atoms with Crippen molar-refractivity contribution in [3.63, 3.8) is 0 Å². The molecule has 0 aliphatic heterocycles. The van der Waals surface area contributed by atoms with Gasteiger partial charge >= 0.3 is 0 Å². The van der Waals surface area contributed by atoms with E-state index in [1.54, 1.807) is 19.2 Å². The predicted octanol–water partition coefficient (Wildman–Crippen LogP) is 3.59. The van der Waals surface area contributed by atoms with Crippen LogP contribution in [0.5, 0.6) is 0 Å². The fourth-order valence-electron chi connectivity index (χ4n) is 3.54. The van der Waals surface area contributed by atoms with Crippen molar-refractivity contribution in [3.05, 3.63) is 90.3 Å². The Kier molecular flexibility index (Phi) is 8.53. The molecule has 0 saturated heterocycles. The van der Waals surface area contributed by atoms with Gasteiger partial charge in [0.15, 0.2) is 0 Å². The number of carbonyl (C=O) groups excluding carboxylic acids is 1. The Morgan fingerprint density at radius 2 is 1.85 bits per heavy atom. The summed E-state index contributed by atoms with van der Waals surface area (Å²) in [5.41, 5.74) is 3.40. The van der Waals surface area contributed by atoms with E-state index in [0.29, 0.717) is 34.3 Å². The van der Waals surface area contributed by atoms with E-state index in [9.17, 15) is 14.9 Å². The number of rotatable bonds is 9. The van der Waals surface area contributed by atoms with Crippen molar-refractivity contribution in [2.24, 2.45) is 0 Å². The Morgan fingerprint density at radius 1 is 1.15 bits per heavy atom. The molecular weight excluding hydrogens is 432 g/mol. The quantitative estimate of drug-likeness (QED) is 0.361. The van der Waals surface area contributed by atoms with Crippen molar-refractivity contribution in [2.45, 2.75) is 39.7 Å². The summed E-state index contributed by atoms with van der Waals surface area (Å²) < 4.78 is 7.55. The number of Topliss-reactive ketones (excluding diaryl/α,β-unsaturated/α-hetero) is 1. The van der Waals surface area contributed by atoms with E-state index >= 15 is 0 Å². The molecule has 0 N–H and O–H groups in total. The third-order valence-electron chi connectivity index (χ3n) is 5.32. The number of hydrogen-bond acceptors (Lipinski definition) is 5. The molecule has 0 atom stereocenters. The molecule has 0 spiro atoms. The van der Waals surface area contributed by atoms with Gasteiger partial charge in [-0.15, -0.1) is 11.3 Å². The van der Waals surface area contributed by atoms with Crippen molar-refractivity contribution in [2.75, 3.05) is 13.7 Å². The summed E-state index contributed by atoms with van der Waals surface area (Å²) in [5.74, 6) is -0.371. The summed E-state index contributed by atoms with van der Waals surface area (Å²) in [6.45, 7) is 4.96. The highest BCUT2D eigenvalue weighted by Crippen LogP contribution is 2.12. The maximum Gasteiger partial charge on any atom is 0.269 e. The zero-order valence-electron chi connectivity index (χ0n) is 19.3. The van der Waals surface area contributed by atoms with Gasteiger partial charge in [-0.1, -0.05) is 67.4 Å². The number of ketones is 1. The highest BCUT2D eigenvalue weighted by atomic mass is 32.1. The molecule has 0 unspecified atom stereocenters. The van der Waals surface area contributed by atoms with Crippen LogP contribution >= 0.6 is 11.3 Å². The van der Waals surface area contributed by atoms with E-state index in [2.05, 4.69) is 13.0 Å². The number of nitriles is 1. The van der Waals surface area contributed by atoms with Gasteiger partial charge in [-0.2, -0.15) is 5.26 Å². The molecular formula is C27H28N2O3S. The molecule has 0 amide bonds. The number of aryl methyl sites for hydroxylation is 2. The van der Waals surface area contributed by atoms with Crippen LogP contribution < -0.4 is 14.8 Å². The molecule has 6 heteroatoms. The summed E-state index contributed by atoms with van der Waals surface area (Å²) in [7, 11) is 1.60. The normalized spacial score (nSPS) is 12.5. The van der Waals surface area contributed by atoms with Crippen LogP contribution in [-0.4, -0.2) is 24.1 Å². The van der Waals surface area contributed by atoms with Crippen LogP contribution in [0, 0.1) is 18.3 Å². The van der Waals surface area contributed by atoms with Crippen LogP contribution in [0.15, 0.2) is 53.3 Å². The summed E-state index contributed by atoms with van der Waals surface area (Å²) in [6.07, 6.45) is 4.36. The molecule has 0 fully saturated rings. The summed E-state index contributed by atoms with van der Waals surface area (Å²) in [6, 6.07) is 17.3. The summed E-state index contributed by atoms with van der Waals surface area (Å²) in [5, 5.41) is 9.92. The lowest BCUT2D eigenvalue weighted by Crippen LogP contribution is -2.33. The molecule has 1 heterocycles. The Balaban J connectivity index is 2.16. The Morgan fingerprint density at radius 3 is 2.45 bits per heavy atom. The van der Waals surface area contributed by atoms with Gasteiger partial charge in [-0.25, -0.2) is 0 Å². The molecule has 2 aromatic carbocycles. The SMILES string of the molecule is CCCc1ccc(C(=O)/C(C#N)=c2\s/c(=C\c3ccc(C)cc3)c(=O)n2CCCOC)cc1. The molecule has 0 aliphatic rings. The van der Waals surface area contributed by atoms with Gasteiger partial charge in [0, 0.05) is 25.8 Å². The number of ether oxygens (including phenoxy) is 1. The average Bonchev–Trinajstić information content (AvgIpc) is 3.11. The topological polar surface area (TPSA) is 72.1 Å². The lowest BCUT2D eigenvalue weighted by Gasteiger charge is -2.04. The minimum absolute atomic E-state index is 0.0127.